The minimum absolute atomic E-state index is 0.302. The normalized spacial score (nSPS) is 11.9. The van der Waals surface area contributed by atoms with Crippen LogP contribution in [-0.4, -0.2) is 34.1 Å². The summed E-state index contributed by atoms with van der Waals surface area (Å²) in [5, 5.41) is 3.11. The van der Waals surface area contributed by atoms with Gasteiger partial charge in [-0.25, -0.2) is 4.98 Å². The number of fused-ring (bicyclic) bond motifs is 1. The predicted molar refractivity (Wildman–Crippen MR) is 108 cm³/mol. The molecule has 1 atom stereocenters. The summed E-state index contributed by atoms with van der Waals surface area (Å²) < 4.78 is 6.32. The Morgan fingerprint density at radius 2 is 2.04 bits per heavy atom. The third-order valence-electron chi connectivity index (χ3n) is 4.10. The summed E-state index contributed by atoms with van der Waals surface area (Å²) in [6.07, 6.45) is 1.20. The molecule has 0 aliphatic heterocycles. The fourth-order valence-electron chi connectivity index (χ4n) is 2.64. The summed E-state index contributed by atoms with van der Waals surface area (Å²) in [5.74, 6) is -1.03. The lowest BCUT2D eigenvalue weighted by atomic mass is 10.2. The van der Waals surface area contributed by atoms with Gasteiger partial charge in [-0.15, -0.1) is 11.3 Å². The second-order valence-corrected chi connectivity index (χ2v) is 7.33. The highest BCUT2D eigenvalue weighted by Gasteiger charge is 2.18. The molecule has 2 aromatic heterocycles. The lowest BCUT2D eigenvalue weighted by Gasteiger charge is -2.13. The standard InChI is InChI=1S/C20H21N3O4S/c1-3-9-21-18(25)13(2)27-17(24)11-23-12-22-19-15(20(23)26)10-16(28-19)14-7-5-4-6-8-14/h4-8,10,12-13H,3,9,11H2,1-2H3,(H,21,25)/t13-/m0/s1. The van der Waals surface area contributed by atoms with Gasteiger partial charge in [0.05, 0.1) is 11.7 Å². The van der Waals surface area contributed by atoms with E-state index in [9.17, 15) is 14.4 Å². The number of aromatic nitrogens is 2. The summed E-state index contributed by atoms with van der Waals surface area (Å²) in [6, 6.07) is 11.5. The number of carbonyl (C=O) groups excluding carboxylic acids is 2. The minimum atomic E-state index is -0.919. The van der Waals surface area contributed by atoms with Crippen molar-refractivity contribution in [1.29, 1.82) is 0 Å². The van der Waals surface area contributed by atoms with Crippen molar-refractivity contribution in [3.05, 3.63) is 53.1 Å². The largest absolute Gasteiger partial charge is 0.451 e. The third kappa shape index (κ3) is 4.45. The fourth-order valence-corrected chi connectivity index (χ4v) is 3.63. The highest BCUT2D eigenvalue weighted by atomic mass is 32.1. The van der Waals surface area contributed by atoms with Crippen LogP contribution in [0, 0.1) is 0 Å². The number of benzene rings is 1. The maximum Gasteiger partial charge on any atom is 0.326 e. The monoisotopic (exact) mass is 399 g/mol. The quantitative estimate of drug-likeness (QED) is 0.617. The van der Waals surface area contributed by atoms with Crippen LogP contribution in [0.15, 0.2) is 47.5 Å². The molecule has 0 saturated carbocycles. The molecule has 0 aliphatic carbocycles. The summed E-state index contributed by atoms with van der Waals surface area (Å²) in [5.41, 5.74) is 0.686. The van der Waals surface area contributed by atoms with Crippen molar-refractivity contribution >= 4 is 33.4 Å². The topological polar surface area (TPSA) is 90.3 Å². The van der Waals surface area contributed by atoms with Crippen molar-refractivity contribution in [3.8, 4) is 10.4 Å². The fraction of sp³-hybridized carbons (Fsp3) is 0.300. The smallest absolute Gasteiger partial charge is 0.326 e. The number of ether oxygens (including phenoxy) is 1. The second kappa shape index (κ2) is 8.79. The summed E-state index contributed by atoms with van der Waals surface area (Å²) >= 11 is 1.42. The molecule has 0 fully saturated rings. The van der Waals surface area contributed by atoms with E-state index in [1.165, 1.54) is 29.2 Å². The van der Waals surface area contributed by atoms with Gasteiger partial charge in [-0.05, 0) is 25.0 Å². The first-order chi connectivity index (χ1) is 13.5. The van der Waals surface area contributed by atoms with Crippen LogP contribution in [0.4, 0.5) is 0 Å². The Hall–Kier alpha value is -3.00. The number of amides is 1. The van der Waals surface area contributed by atoms with Crippen LogP contribution in [0.5, 0.6) is 0 Å². The van der Waals surface area contributed by atoms with Crippen LogP contribution in [-0.2, 0) is 20.9 Å². The minimum Gasteiger partial charge on any atom is -0.451 e. The van der Waals surface area contributed by atoms with E-state index in [0.717, 1.165) is 16.9 Å². The Labute approximate surface area is 166 Å². The van der Waals surface area contributed by atoms with Gasteiger partial charge in [0.25, 0.3) is 11.5 Å². The van der Waals surface area contributed by atoms with Gasteiger partial charge in [-0.1, -0.05) is 37.3 Å². The zero-order valence-electron chi connectivity index (χ0n) is 15.7. The van der Waals surface area contributed by atoms with E-state index in [1.807, 2.05) is 37.3 Å². The van der Waals surface area contributed by atoms with Crippen molar-refractivity contribution in [1.82, 2.24) is 14.9 Å². The molecule has 0 spiro atoms. The van der Waals surface area contributed by atoms with Crippen molar-refractivity contribution < 1.29 is 14.3 Å². The molecule has 3 rings (SSSR count). The van der Waals surface area contributed by atoms with Crippen LogP contribution < -0.4 is 10.9 Å². The average Bonchev–Trinajstić information content (AvgIpc) is 3.14. The molecule has 7 nitrogen and oxygen atoms in total. The van der Waals surface area contributed by atoms with Gasteiger partial charge in [-0.2, -0.15) is 0 Å². The molecule has 0 aliphatic rings. The summed E-state index contributed by atoms with van der Waals surface area (Å²) in [6.45, 7) is 3.64. The Kier molecular flexibility index (Phi) is 6.20. The maximum atomic E-state index is 12.7. The molecule has 0 saturated heterocycles. The molecule has 2 heterocycles. The lowest BCUT2D eigenvalue weighted by molar-refractivity contribution is -0.155. The zero-order chi connectivity index (χ0) is 20.1. The molecule has 146 valence electrons. The highest BCUT2D eigenvalue weighted by molar-refractivity contribution is 7.21. The van der Waals surface area contributed by atoms with E-state index in [2.05, 4.69) is 10.3 Å². The third-order valence-corrected chi connectivity index (χ3v) is 5.19. The number of carbonyl (C=O) groups is 2. The van der Waals surface area contributed by atoms with Gasteiger partial charge in [0.1, 0.15) is 11.4 Å². The molecule has 0 bridgehead atoms. The van der Waals surface area contributed by atoms with Crippen molar-refractivity contribution in [3.63, 3.8) is 0 Å². The van der Waals surface area contributed by atoms with Gasteiger partial charge in [0, 0.05) is 11.4 Å². The Morgan fingerprint density at radius 1 is 1.29 bits per heavy atom. The van der Waals surface area contributed by atoms with E-state index < -0.39 is 12.1 Å². The predicted octanol–water partition coefficient (Wildman–Crippen LogP) is 2.58. The molecule has 0 unspecified atom stereocenters. The van der Waals surface area contributed by atoms with E-state index in [1.54, 1.807) is 6.07 Å². The Morgan fingerprint density at radius 3 is 2.75 bits per heavy atom. The van der Waals surface area contributed by atoms with Gasteiger partial charge >= 0.3 is 5.97 Å². The highest BCUT2D eigenvalue weighted by Crippen LogP contribution is 2.30. The average molecular weight is 399 g/mol. The first kappa shape index (κ1) is 19.8. The number of hydrogen-bond donors (Lipinski definition) is 1. The van der Waals surface area contributed by atoms with Crippen molar-refractivity contribution in [2.45, 2.75) is 32.9 Å². The summed E-state index contributed by atoms with van der Waals surface area (Å²) in [4.78, 5) is 42.5. The lowest BCUT2D eigenvalue weighted by Crippen LogP contribution is -2.37. The van der Waals surface area contributed by atoms with Crippen LogP contribution in [0.2, 0.25) is 0 Å². The van der Waals surface area contributed by atoms with Crippen LogP contribution in [0.1, 0.15) is 20.3 Å². The molecule has 1 aromatic carbocycles. The zero-order valence-corrected chi connectivity index (χ0v) is 16.5. The second-order valence-electron chi connectivity index (χ2n) is 6.30. The number of hydrogen-bond acceptors (Lipinski definition) is 6. The van der Waals surface area contributed by atoms with Crippen LogP contribution >= 0.6 is 11.3 Å². The number of rotatable bonds is 7. The van der Waals surface area contributed by atoms with Gasteiger partial charge in [-0.3, -0.25) is 19.0 Å². The Balaban J connectivity index is 1.75. The van der Waals surface area contributed by atoms with Gasteiger partial charge in [0.15, 0.2) is 6.10 Å². The molecular weight excluding hydrogens is 378 g/mol. The maximum absolute atomic E-state index is 12.7. The molecule has 8 heteroatoms. The number of nitrogens with zero attached hydrogens (tertiary/aromatic N) is 2. The first-order valence-electron chi connectivity index (χ1n) is 9.01. The number of nitrogens with one attached hydrogen (secondary N) is 1. The van der Waals surface area contributed by atoms with E-state index in [4.69, 9.17) is 4.74 Å². The molecule has 3 aromatic rings. The molecule has 28 heavy (non-hydrogen) atoms. The molecule has 0 radical (unpaired) electrons. The van der Waals surface area contributed by atoms with Crippen molar-refractivity contribution in [2.24, 2.45) is 0 Å². The van der Waals surface area contributed by atoms with Gasteiger partial charge in [0.2, 0.25) is 0 Å². The van der Waals surface area contributed by atoms with Gasteiger partial charge < -0.3 is 10.1 Å². The Bertz CT molecular complexity index is 1040. The SMILES string of the molecule is CCCNC(=O)[C@H](C)OC(=O)Cn1cnc2sc(-c3ccccc3)cc2c1=O. The van der Waals surface area contributed by atoms with E-state index >= 15 is 0 Å². The number of esters is 1. The number of thiophene rings is 1. The van der Waals surface area contributed by atoms with Crippen molar-refractivity contribution in [2.75, 3.05) is 6.54 Å². The van der Waals surface area contributed by atoms with Crippen LogP contribution in [0.3, 0.4) is 0 Å². The summed E-state index contributed by atoms with van der Waals surface area (Å²) in [7, 11) is 0. The molecular formula is C20H21N3O4S. The van der Waals surface area contributed by atoms with E-state index in [0.29, 0.717) is 16.8 Å². The molecule has 1 amide bonds. The first-order valence-corrected chi connectivity index (χ1v) is 9.83. The van der Waals surface area contributed by atoms with Crippen LogP contribution in [0.25, 0.3) is 20.7 Å². The van der Waals surface area contributed by atoms with E-state index in [-0.39, 0.29) is 18.0 Å². The molecule has 1 N–H and O–H groups in total.